The number of hydrogen-bond acceptors (Lipinski definition) is 1. The molecular weight excluding hydrogens is 242 g/mol. The van der Waals surface area contributed by atoms with Gasteiger partial charge >= 0.3 is 0 Å². The lowest BCUT2D eigenvalue weighted by molar-refractivity contribution is 0.835. The first-order valence-corrected chi connectivity index (χ1v) is 7.32. The van der Waals surface area contributed by atoms with E-state index in [9.17, 15) is 0 Å². The van der Waals surface area contributed by atoms with Crippen molar-refractivity contribution in [2.45, 2.75) is 32.2 Å². The van der Waals surface area contributed by atoms with E-state index in [0.717, 1.165) is 18.4 Å². The van der Waals surface area contributed by atoms with E-state index in [0.29, 0.717) is 0 Å². The van der Waals surface area contributed by atoms with Crippen LogP contribution in [0.1, 0.15) is 42.5 Å². The fourth-order valence-corrected chi connectivity index (χ4v) is 2.34. The lowest BCUT2D eigenvalue weighted by Crippen LogP contribution is -2.11. The van der Waals surface area contributed by atoms with Crippen LogP contribution in [0.2, 0.25) is 0 Å². The molecule has 2 aromatic carbocycles. The maximum absolute atomic E-state index is 6.30. The summed E-state index contributed by atoms with van der Waals surface area (Å²) >= 11 is 0. The predicted octanol–water partition coefficient (Wildman–Crippen LogP) is 4.63. The summed E-state index contributed by atoms with van der Waals surface area (Å²) in [6.07, 6.45) is 7.82. The van der Waals surface area contributed by atoms with Crippen LogP contribution in [0, 0.1) is 0 Å². The Morgan fingerprint density at radius 3 is 2.25 bits per heavy atom. The highest BCUT2D eigenvalue weighted by molar-refractivity contribution is 5.33. The molecule has 0 heterocycles. The Bertz CT molecular complexity index is 525. The maximum atomic E-state index is 6.30. The van der Waals surface area contributed by atoms with Crippen molar-refractivity contribution in [2.24, 2.45) is 5.73 Å². The monoisotopic (exact) mass is 265 g/mol. The summed E-state index contributed by atoms with van der Waals surface area (Å²) in [6.45, 7) is 2.07. The largest absolute Gasteiger partial charge is 0.320 e. The Hall–Kier alpha value is -1.86. The second-order valence-electron chi connectivity index (χ2n) is 5.09. The third kappa shape index (κ3) is 4.07. The van der Waals surface area contributed by atoms with Crippen LogP contribution < -0.4 is 5.73 Å². The molecule has 0 aliphatic heterocycles. The van der Waals surface area contributed by atoms with Gasteiger partial charge < -0.3 is 5.73 Å². The van der Waals surface area contributed by atoms with Crippen molar-refractivity contribution in [1.82, 2.24) is 0 Å². The van der Waals surface area contributed by atoms with Gasteiger partial charge in [0, 0.05) is 0 Å². The van der Waals surface area contributed by atoms with E-state index in [1.807, 2.05) is 18.2 Å². The summed E-state index contributed by atoms with van der Waals surface area (Å²) in [6, 6.07) is 18.9. The SMILES string of the molecule is C/C=C/CCCc1ccc(C(N)c2ccccc2)cc1. The number of aryl methyl sites for hydroxylation is 1. The van der Waals surface area contributed by atoms with E-state index in [1.165, 1.54) is 17.5 Å². The summed E-state index contributed by atoms with van der Waals surface area (Å²) < 4.78 is 0. The highest BCUT2D eigenvalue weighted by Crippen LogP contribution is 2.20. The molecule has 2 N–H and O–H groups in total. The molecule has 0 radical (unpaired) electrons. The second kappa shape index (κ2) is 7.66. The van der Waals surface area contributed by atoms with E-state index in [2.05, 4.69) is 55.5 Å². The summed E-state index contributed by atoms with van der Waals surface area (Å²) in [4.78, 5) is 0. The first-order valence-electron chi connectivity index (χ1n) is 7.32. The van der Waals surface area contributed by atoms with Crippen molar-refractivity contribution in [3.8, 4) is 0 Å². The van der Waals surface area contributed by atoms with Crippen LogP contribution in [0.3, 0.4) is 0 Å². The van der Waals surface area contributed by atoms with Crippen molar-refractivity contribution in [3.05, 3.63) is 83.4 Å². The molecule has 0 saturated carbocycles. The zero-order valence-electron chi connectivity index (χ0n) is 12.1. The molecule has 0 saturated heterocycles. The lowest BCUT2D eigenvalue weighted by atomic mass is 9.97. The van der Waals surface area contributed by atoms with Gasteiger partial charge in [0.1, 0.15) is 0 Å². The quantitative estimate of drug-likeness (QED) is 0.598. The van der Waals surface area contributed by atoms with Crippen LogP contribution in [0.4, 0.5) is 0 Å². The Kier molecular flexibility index (Phi) is 5.57. The summed E-state index contributed by atoms with van der Waals surface area (Å²) in [5, 5.41) is 0. The molecule has 0 aliphatic rings. The molecule has 20 heavy (non-hydrogen) atoms. The van der Waals surface area contributed by atoms with Gasteiger partial charge in [-0.2, -0.15) is 0 Å². The van der Waals surface area contributed by atoms with Crippen LogP contribution in [0.25, 0.3) is 0 Å². The van der Waals surface area contributed by atoms with Crippen LogP contribution >= 0.6 is 0 Å². The molecule has 104 valence electrons. The Morgan fingerprint density at radius 1 is 0.950 bits per heavy atom. The van der Waals surface area contributed by atoms with E-state index in [1.54, 1.807) is 0 Å². The minimum Gasteiger partial charge on any atom is -0.320 e. The third-order valence-corrected chi connectivity index (χ3v) is 3.57. The molecule has 2 aromatic rings. The standard InChI is InChI=1S/C19H23N/c1-2-3-4-6-9-16-12-14-18(15-13-16)19(20)17-10-7-5-8-11-17/h2-3,5,7-8,10-15,19H,4,6,9,20H2,1H3/b3-2+. The highest BCUT2D eigenvalue weighted by Gasteiger charge is 2.07. The van der Waals surface area contributed by atoms with Gasteiger partial charge in [0.05, 0.1) is 6.04 Å². The Labute approximate surface area is 122 Å². The van der Waals surface area contributed by atoms with Gasteiger partial charge in [0.25, 0.3) is 0 Å². The molecular formula is C19H23N. The topological polar surface area (TPSA) is 26.0 Å². The first kappa shape index (κ1) is 14.5. The third-order valence-electron chi connectivity index (χ3n) is 3.57. The summed E-state index contributed by atoms with van der Waals surface area (Å²) in [5.74, 6) is 0. The number of hydrogen-bond donors (Lipinski definition) is 1. The molecule has 2 rings (SSSR count). The van der Waals surface area contributed by atoms with E-state index in [-0.39, 0.29) is 6.04 Å². The van der Waals surface area contributed by atoms with Gasteiger partial charge in [-0.05, 0) is 42.9 Å². The van der Waals surface area contributed by atoms with Crippen LogP contribution in [-0.2, 0) is 6.42 Å². The molecule has 0 fully saturated rings. The van der Waals surface area contributed by atoms with Crippen LogP contribution in [0.15, 0.2) is 66.7 Å². The predicted molar refractivity (Wildman–Crippen MR) is 86.7 cm³/mol. The number of allylic oxidation sites excluding steroid dienone is 2. The summed E-state index contributed by atoms with van der Waals surface area (Å²) in [5.41, 5.74) is 10.0. The van der Waals surface area contributed by atoms with Crippen molar-refractivity contribution < 1.29 is 0 Å². The minimum atomic E-state index is -0.0340. The molecule has 0 amide bonds. The van der Waals surface area contributed by atoms with E-state index >= 15 is 0 Å². The average Bonchev–Trinajstić information content (AvgIpc) is 2.52. The molecule has 0 bridgehead atoms. The molecule has 0 aromatic heterocycles. The maximum Gasteiger partial charge on any atom is 0.0551 e. The van der Waals surface area contributed by atoms with Crippen molar-refractivity contribution in [2.75, 3.05) is 0 Å². The second-order valence-corrected chi connectivity index (χ2v) is 5.09. The molecule has 0 spiro atoms. The Balaban J connectivity index is 1.97. The zero-order chi connectivity index (χ0) is 14.2. The van der Waals surface area contributed by atoms with Gasteiger partial charge in [0.15, 0.2) is 0 Å². The summed E-state index contributed by atoms with van der Waals surface area (Å²) in [7, 11) is 0. The van der Waals surface area contributed by atoms with Gasteiger partial charge in [-0.15, -0.1) is 0 Å². The van der Waals surface area contributed by atoms with Gasteiger partial charge in [0.2, 0.25) is 0 Å². The first-order chi connectivity index (χ1) is 9.81. The fraction of sp³-hybridized carbons (Fsp3) is 0.263. The molecule has 1 nitrogen and oxygen atoms in total. The van der Waals surface area contributed by atoms with Crippen molar-refractivity contribution in [1.29, 1.82) is 0 Å². The Morgan fingerprint density at radius 2 is 1.60 bits per heavy atom. The normalized spacial score (nSPS) is 12.7. The molecule has 1 heteroatoms. The van der Waals surface area contributed by atoms with E-state index < -0.39 is 0 Å². The van der Waals surface area contributed by atoms with Gasteiger partial charge in [-0.1, -0.05) is 66.7 Å². The number of nitrogens with two attached hydrogens (primary N) is 1. The molecule has 1 atom stereocenters. The number of unbranched alkanes of at least 4 members (excludes halogenated alkanes) is 1. The van der Waals surface area contributed by atoms with Crippen molar-refractivity contribution >= 4 is 0 Å². The zero-order valence-corrected chi connectivity index (χ0v) is 12.1. The number of benzene rings is 2. The molecule has 1 unspecified atom stereocenters. The van der Waals surface area contributed by atoms with Crippen molar-refractivity contribution in [3.63, 3.8) is 0 Å². The molecule has 0 aliphatic carbocycles. The average molecular weight is 265 g/mol. The van der Waals surface area contributed by atoms with Crippen LogP contribution in [-0.4, -0.2) is 0 Å². The minimum absolute atomic E-state index is 0.0340. The highest BCUT2D eigenvalue weighted by atomic mass is 14.6. The smallest absolute Gasteiger partial charge is 0.0551 e. The fourth-order valence-electron chi connectivity index (χ4n) is 2.34. The van der Waals surface area contributed by atoms with Crippen LogP contribution in [0.5, 0.6) is 0 Å². The van der Waals surface area contributed by atoms with Gasteiger partial charge in [-0.3, -0.25) is 0 Å². The van der Waals surface area contributed by atoms with Gasteiger partial charge in [-0.25, -0.2) is 0 Å². The lowest BCUT2D eigenvalue weighted by Gasteiger charge is -2.13. The number of rotatable bonds is 6. The van der Waals surface area contributed by atoms with E-state index in [4.69, 9.17) is 5.73 Å².